The highest BCUT2D eigenvalue weighted by molar-refractivity contribution is 7.92. The van der Waals surface area contributed by atoms with E-state index in [4.69, 9.17) is 0 Å². The van der Waals surface area contributed by atoms with Crippen molar-refractivity contribution in [3.63, 3.8) is 0 Å². The monoisotopic (exact) mass is 266 g/mol. The number of hydrogen-bond acceptors (Lipinski definition) is 3. The Balaban J connectivity index is 2.98. The highest BCUT2D eigenvalue weighted by Crippen LogP contribution is 2.17. The number of ketones is 1. The van der Waals surface area contributed by atoms with E-state index >= 15 is 0 Å². The second-order valence-electron chi connectivity index (χ2n) is 4.53. The Labute approximate surface area is 108 Å². The van der Waals surface area contributed by atoms with Crippen LogP contribution in [0.5, 0.6) is 0 Å². The fourth-order valence-electron chi connectivity index (χ4n) is 1.82. The van der Waals surface area contributed by atoms with Gasteiger partial charge in [0.25, 0.3) is 0 Å². The van der Waals surface area contributed by atoms with Crippen LogP contribution >= 0.6 is 0 Å². The molecule has 0 spiro atoms. The number of carbonyl (C=O) groups is 1. The van der Waals surface area contributed by atoms with Gasteiger partial charge in [-0.1, -0.05) is 42.5 Å². The third kappa shape index (κ3) is 4.11. The standard InChI is InChI=1S/C14H18O3S/c1-11(2)14(18(16,17)10-12(3)15)9-13-7-5-4-6-8-13/h4-8,14H,1,9-10H2,2-3H3/t14-/m1/s1. The maximum absolute atomic E-state index is 12.1. The molecular weight excluding hydrogens is 248 g/mol. The molecule has 1 rings (SSSR count). The Hall–Kier alpha value is -1.42. The smallest absolute Gasteiger partial charge is 0.164 e. The molecule has 0 aromatic heterocycles. The van der Waals surface area contributed by atoms with E-state index in [1.165, 1.54) is 6.92 Å². The van der Waals surface area contributed by atoms with Crippen molar-refractivity contribution < 1.29 is 13.2 Å². The molecule has 0 N–H and O–H groups in total. The fraction of sp³-hybridized carbons (Fsp3) is 0.357. The third-order valence-electron chi connectivity index (χ3n) is 2.65. The summed E-state index contributed by atoms with van der Waals surface area (Å²) < 4.78 is 24.2. The van der Waals surface area contributed by atoms with E-state index in [9.17, 15) is 13.2 Å². The van der Waals surface area contributed by atoms with Crippen molar-refractivity contribution in [2.75, 3.05) is 5.75 Å². The van der Waals surface area contributed by atoms with Crippen LogP contribution < -0.4 is 0 Å². The summed E-state index contributed by atoms with van der Waals surface area (Å²) in [4.78, 5) is 11.0. The molecule has 0 saturated heterocycles. The van der Waals surface area contributed by atoms with Crippen molar-refractivity contribution in [1.82, 2.24) is 0 Å². The number of Topliss-reactive ketones (excluding diaryl/α,β-unsaturated/α-hetero) is 1. The average molecular weight is 266 g/mol. The van der Waals surface area contributed by atoms with Crippen LogP contribution in [0.15, 0.2) is 42.5 Å². The minimum atomic E-state index is -3.47. The zero-order valence-corrected chi connectivity index (χ0v) is 11.5. The molecule has 4 heteroatoms. The molecule has 0 bridgehead atoms. The van der Waals surface area contributed by atoms with Gasteiger partial charge in [-0.2, -0.15) is 0 Å². The summed E-state index contributed by atoms with van der Waals surface area (Å²) >= 11 is 0. The molecule has 0 fully saturated rings. The largest absolute Gasteiger partial charge is 0.299 e. The second-order valence-corrected chi connectivity index (χ2v) is 6.72. The SMILES string of the molecule is C=C(C)[C@@H](Cc1ccccc1)S(=O)(=O)CC(C)=O. The van der Waals surface area contributed by atoms with Gasteiger partial charge >= 0.3 is 0 Å². The Morgan fingerprint density at radius 2 is 1.78 bits per heavy atom. The fourth-order valence-corrected chi connectivity index (χ4v) is 3.65. The van der Waals surface area contributed by atoms with Crippen LogP contribution in [0.4, 0.5) is 0 Å². The molecule has 18 heavy (non-hydrogen) atoms. The molecule has 1 aromatic carbocycles. The predicted octanol–water partition coefficient (Wildman–Crippen LogP) is 2.18. The predicted molar refractivity (Wildman–Crippen MR) is 73.2 cm³/mol. The average Bonchev–Trinajstić information content (AvgIpc) is 2.25. The first-order valence-electron chi connectivity index (χ1n) is 5.73. The molecular formula is C14H18O3S. The van der Waals surface area contributed by atoms with Gasteiger partial charge in [0.05, 0.1) is 5.25 Å². The van der Waals surface area contributed by atoms with Crippen LogP contribution in [-0.2, 0) is 21.1 Å². The van der Waals surface area contributed by atoms with Crippen molar-refractivity contribution in [1.29, 1.82) is 0 Å². The minimum Gasteiger partial charge on any atom is -0.299 e. The van der Waals surface area contributed by atoms with Gasteiger partial charge in [0.1, 0.15) is 11.5 Å². The van der Waals surface area contributed by atoms with Crippen LogP contribution in [0.2, 0.25) is 0 Å². The normalized spacial score (nSPS) is 13.0. The highest BCUT2D eigenvalue weighted by Gasteiger charge is 2.27. The Morgan fingerprint density at radius 1 is 1.22 bits per heavy atom. The zero-order chi connectivity index (χ0) is 13.8. The summed E-state index contributed by atoms with van der Waals surface area (Å²) in [5.74, 6) is -0.758. The van der Waals surface area contributed by atoms with Crippen LogP contribution in [-0.4, -0.2) is 25.2 Å². The summed E-state index contributed by atoms with van der Waals surface area (Å²) in [5, 5.41) is -0.691. The van der Waals surface area contributed by atoms with Crippen molar-refractivity contribution in [2.24, 2.45) is 0 Å². The molecule has 98 valence electrons. The molecule has 0 saturated carbocycles. The Morgan fingerprint density at radius 3 is 2.22 bits per heavy atom. The zero-order valence-electron chi connectivity index (χ0n) is 10.7. The van der Waals surface area contributed by atoms with Gasteiger partial charge in [0.2, 0.25) is 0 Å². The van der Waals surface area contributed by atoms with Crippen LogP contribution in [0.1, 0.15) is 19.4 Å². The summed E-state index contributed by atoms with van der Waals surface area (Å²) in [6.45, 7) is 6.71. The van der Waals surface area contributed by atoms with Gasteiger partial charge in [-0.3, -0.25) is 4.79 Å². The molecule has 0 heterocycles. The number of benzene rings is 1. The molecule has 0 aliphatic carbocycles. The molecule has 3 nitrogen and oxygen atoms in total. The van der Waals surface area contributed by atoms with Crippen molar-refractivity contribution >= 4 is 15.6 Å². The van der Waals surface area contributed by atoms with Crippen LogP contribution in [0.3, 0.4) is 0 Å². The van der Waals surface area contributed by atoms with Gasteiger partial charge < -0.3 is 0 Å². The first-order valence-corrected chi connectivity index (χ1v) is 7.45. The lowest BCUT2D eigenvalue weighted by Crippen LogP contribution is -2.29. The number of rotatable bonds is 6. The van der Waals surface area contributed by atoms with Gasteiger partial charge in [0, 0.05) is 0 Å². The summed E-state index contributed by atoms with van der Waals surface area (Å²) in [5.41, 5.74) is 1.50. The van der Waals surface area contributed by atoms with E-state index in [-0.39, 0.29) is 5.78 Å². The van der Waals surface area contributed by atoms with E-state index in [2.05, 4.69) is 6.58 Å². The first kappa shape index (κ1) is 14.6. The first-order chi connectivity index (χ1) is 8.33. The van der Waals surface area contributed by atoms with E-state index < -0.39 is 20.8 Å². The minimum absolute atomic E-state index is 0.339. The van der Waals surface area contributed by atoms with E-state index in [1.54, 1.807) is 6.92 Å². The topological polar surface area (TPSA) is 51.2 Å². The van der Waals surface area contributed by atoms with Gasteiger partial charge in [-0.05, 0) is 25.8 Å². The molecule has 0 amide bonds. The lowest BCUT2D eigenvalue weighted by atomic mass is 10.1. The Bertz CT molecular complexity index is 529. The second kappa shape index (κ2) is 5.96. The third-order valence-corrected chi connectivity index (χ3v) is 4.90. The van der Waals surface area contributed by atoms with E-state index in [0.29, 0.717) is 12.0 Å². The highest BCUT2D eigenvalue weighted by atomic mass is 32.2. The molecule has 0 aliphatic heterocycles. The maximum Gasteiger partial charge on any atom is 0.164 e. The number of sulfone groups is 1. The quantitative estimate of drug-likeness (QED) is 0.742. The van der Waals surface area contributed by atoms with E-state index in [0.717, 1.165) is 5.56 Å². The van der Waals surface area contributed by atoms with Gasteiger partial charge in [0.15, 0.2) is 9.84 Å². The van der Waals surface area contributed by atoms with Crippen LogP contribution in [0, 0.1) is 0 Å². The van der Waals surface area contributed by atoms with Crippen molar-refractivity contribution in [2.45, 2.75) is 25.5 Å². The molecule has 1 atom stereocenters. The molecule has 0 unspecified atom stereocenters. The van der Waals surface area contributed by atoms with Crippen molar-refractivity contribution in [3.8, 4) is 0 Å². The molecule has 0 aliphatic rings. The summed E-state index contributed by atoms with van der Waals surface area (Å²) in [6, 6.07) is 9.35. The number of hydrogen-bond donors (Lipinski definition) is 0. The van der Waals surface area contributed by atoms with Gasteiger partial charge in [-0.15, -0.1) is 0 Å². The summed E-state index contributed by atoms with van der Waals surface area (Å²) in [6.07, 6.45) is 0.367. The summed E-state index contributed by atoms with van der Waals surface area (Å²) in [7, 11) is -3.47. The lowest BCUT2D eigenvalue weighted by molar-refractivity contribution is -0.114. The number of carbonyl (C=O) groups excluding carboxylic acids is 1. The van der Waals surface area contributed by atoms with Gasteiger partial charge in [-0.25, -0.2) is 8.42 Å². The Kier molecular flexibility index (Phi) is 4.84. The van der Waals surface area contributed by atoms with E-state index in [1.807, 2.05) is 30.3 Å². The lowest BCUT2D eigenvalue weighted by Gasteiger charge is -2.17. The molecule has 0 radical (unpaired) electrons. The molecule has 1 aromatic rings. The van der Waals surface area contributed by atoms with Crippen molar-refractivity contribution in [3.05, 3.63) is 48.0 Å². The van der Waals surface area contributed by atoms with Crippen LogP contribution in [0.25, 0.3) is 0 Å². The maximum atomic E-state index is 12.1.